The number of anilines is 1. The van der Waals surface area contributed by atoms with Crippen molar-refractivity contribution in [2.75, 3.05) is 12.8 Å². The summed E-state index contributed by atoms with van der Waals surface area (Å²) >= 11 is 0. The van der Waals surface area contributed by atoms with E-state index in [4.69, 9.17) is 19.6 Å². The van der Waals surface area contributed by atoms with Crippen LogP contribution in [0, 0.1) is 11.3 Å². The van der Waals surface area contributed by atoms with Crippen molar-refractivity contribution in [1.82, 2.24) is 4.98 Å². The van der Waals surface area contributed by atoms with E-state index in [1.54, 1.807) is 7.11 Å². The number of aryl methyl sites for hydroxylation is 1. The lowest BCUT2D eigenvalue weighted by molar-refractivity contribution is 0.271. The second-order valence-electron chi connectivity index (χ2n) is 7.07. The van der Waals surface area contributed by atoms with Crippen LogP contribution in [0.3, 0.4) is 0 Å². The summed E-state index contributed by atoms with van der Waals surface area (Å²) in [5.41, 5.74) is 9.35. The average Bonchev–Trinajstić information content (AvgIpc) is 3.09. The van der Waals surface area contributed by atoms with Gasteiger partial charge < -0.3 is 19.6 Å². The normalized spacial score (nSPS) is 13.2. The first-order chi connectivity index (χ1) is 14.2. The van der Waals surface area contributed by atoms with Gasteiger partial charge in [-0.1, -0.05) is 6.42 Å². The Bertz CT molecular complexity index is 1050. The monoisotopic (exact) mass is 389 g/mol. The van der Waals surface area contributed by atoms with Gasteiger partial charge in [-0.05, 0) is 67.6 Å². The average molecular weight is 389 g/mol. The molecule has 2 heterocycles. The van der Waals surface area contributed by atoms with Gasteiger partial charge in [-0.15, -0.1) is 0 Å². The predicted octanol–water partition coefficient (Wildman–Crippen LogP) is 4.65. The smallest absolute Gasteiger partial charge is 0.146 e. The van der Waals surface area contributed by atoms with E-state index in [1.165, 1.54) is 0 Å². The van der Waals surface area contributed by atoms with E-state index in [9.17, 15) is 5.26 Å². The Hall–Kier alpha value is -3.46. The van der Waals surface area contributed by atoms with Crippen molar-refractivity contribution in [3.63, 3.8) is 0 Å². The van der Waals surface area contributed by atoms with Crippen molar-refractivity contribution in [2.24, 2.45) is 0 Å². The molecule has 1 aromatic carbocycles. The highest BCUT2D eigenvalue weighted by molar-refractivity contribution is 5.76. The highest BCUT2D eigenvalue weighted by atomic mass is 16.5. The van der Waals surface area contributed by atoms with Gasteiger partial charge in [0.2, 0.25) is 0 Å². The van der Waals surface area contributed by atoms with Gasteiger partial charge in [-0.25, -0.2) is 4.98 Å². The summed E-state index contributed by atoms with van der Waals surface area (Å²) in [5, 5.41) is 9.69. The van der Waals surface area contributed by atoms with Crippen LogP contribution in [0.15, 0.2) is 40.8 Å². The fourth-order valence-corrected chi connectivity index (χ4v) is 3.74. The number of fused-ring (bicyclic) bond motifs is 1. The summed E-state index contributed by atoms with van der Waals surface area (Å²) in [6.07, 6.45) is 5.07. The Morgan fingerprint density at radius 2 is 1.83 bits per heavy atom. The molecule has 0 saturated carbocycles. The first-order valence-electron chi connectivity index (χ1n) is 9.77. The van der Waals surface area contributed by atoms with Crippen molar-refractivity contribution < 1.29 is 13.9 Å². The van der Waals surface area contributed by atoms with Gasteiger partial charge in [0.05, 0.1) is 7.11 Å². The standard InChI is InChI=1S/C23H23N3O3/c1-27-15-7-9-16(10-8-15)28-14-17-11-12-21(29-17)22-18-5-3-2-4-6-20(18)26-23(25)19(22)13-24/h7-12H,2-6,14H2,1H3,(H2,25,26). The maximum absolute atomic E-state index is 9.69. The highest BCUT2D eigenvalue weighted by Crippen LogP contribution is 2.36. The van der Waals surface area contributed by atoms with E-state index in [2.05, 4.69) is 11.1 Å². The van der Waals surface area contributed by atoms with Crippen LogP contribution in [0.4, 0.5) is 5.82 Å². The molecule has 148 valence electrons. The number of nitrogen functional groups attached to an aromatic ring is 1. The molecular weight excluding hydrogens is 366 g/mol. The number of benzene rings is 1. The maximum atomic E-state index is 9.69. The number of methoxy groups -OCH3 is 1. The second-order valence-corrected chi connectivity index (χ2v) is 7.07. The van der Waals surface area contributed by atoms with Crippen molar-refractivity contribution in [1.29, 1.82) is 5.26 Å². The highest BCUT2D eigenvalue weighted by Gasteiger charge is 2.23. The van der Waals surface area contributed by atoms with Crippen molar-refractivity contribution in [3.8, 4) is 28.9 Å². The molecular formula is C23H23N3O3. The maximum Gasteiger partial charge on any atom is 0.146 e. The summed E-state index contributed by atoms with van der Waals surface area (Å²) in [4.78, 5) is 4.51. The van der Waals surface area contributed by atoms with E-state index in [0.29, 0.717) is 17.1 Å². The Morgan fingerprint density at radius 1 is 1.07 bits per heavy atom. The van der Waals surface area contributed by atoms with E-state index >= 15 is 0 Å². The molecule has 1 aliphatic rings. The minimum Gasteiger partial charge on any atom is -0.497 e. The zero-order valence-corrected chi connectivity index (χ0v) is 16.4. The van der Waals surface area contributed by atoms with Gasteiger partial charge >= 0.3 is 0 Å². The van der Waals surface area contributed by atoms with Gasteiger partial charge in [0.15, 0.2) is 0 Å². The molecule has 0 bridgehead atoms. The minimum atomic E-state index is 0.274. The van der Waals surface area contributed by atoms with Crippen LogP contribution in [-0.2, 0) is 19.4 Å². The number of nitriles is 1. The minimum absolute atomic E-state index is 0.274. The predicted molar refractivity (Wildman–Crippen MR) is 110 cm³/mol. The molecule has 0 aliphatic heterocycles. The number of ether oxygens (including phenoxy) is 2. The molecule has 1 aliphatic carbocycles. The molecule has 3 aromatic rings. The summed E-state index contributed by atoms with van der Waals surface area (Å²) in [5.74, 6) is 3.09. The molecule has 0 fully saturated rings. The molecule has 6 nitrogen and oxygen atoms in total. The van der Waals surface area contributed by atoms with Crippen LogP contribution in [0.25, 0.3) is 11.3 Å². The molecule has 29 heavy (non-hydrogen) atoms. The first-order valence-corrected chi connectivity index (χ1v) is 9.77. The fourth-order valence-electron chi connectivity index (χ4n) is 3.74. The van der Waals surface area contributed by atoms with Crippen LogP contribution in [0.2, 0.25) is 0 Å². The van der Waals surface area contributed by atoms with E-state index < -0.39 is 0 Å². The van der Waals surface area contributed by atoms with Gasteiger partial charge in [-0.2, -0.15) is 5.26 Å². The fraction of sp³-hybridized carbons (Fsp3) is 0.304. The summed E-state index contributed by atoms with van der Waals surface area (Å²) in [6, 6.07) is 13.4. The zero-order chi connectivity index (χ0) is 20.2. The van der Waals surface area contributed by atoms with Gasteiger partial charge in [-0.3, -0.25) is 0 Å². The van der Waals surface area contributed by atoms with Crippen molar-refractivity contribution in [3.05, 3.63) is 59.0 Å². The molecule has 0 amide bonds. The molecule has 2 N–H and O–H groups in total. The third kappa shape index (κ3) is 3.90. The molecule has 0 unspecified atom stereocenters. The van der Waals surface area contributed by atoms with Crippen LogP contribution in [-0.4, -0.2) is 12.1 Å². The van der Waals surface area contributed by atoms with Gasteiger partial charge in [0.1, 0.15) is 47.1 Å². The Labute approximate surface area is 169 Å². The Morgan fingerprint density at radius 3 is 2.59 bits per heavy atom. The van der Waals surface area contributed by atoms with E-state index in [0.717, 1.165) is 60.4 Å². The number of aromatic nitrogens is 1. The molecule has 0 spiro atoms. The lowest BCUT2D eigenvalue weighted by Crippen LogP contribution is -2.06. The molecule has 6 heteroatoms. The lowest BCUT2D eigenvalue weighted by Gasteiger charge is -2.14. The third-order valence-electron chi connectivity index (χ3n) is 5.21. The van der Waals surface area contributed by atoms with Crippen molar-refractivity contribution in [2.45, 2.75) is 38.7 Å². The number of furan rings is 1. The van der Waals surface area contributed by atoms with Crippen LogP contribution >= 0.6 is 0 Å². The number of pyridine rings is 1. The number of nitrogens with zero attached hydrogens (tertiary/aromatic N) is 2. The van der Waals surface area contributed by atoms with E-state index in [1.807, 2.05) is 36.4 Å². The Balaban J connectivity index is 1.62. The number of hydrogen-bond acceptors (Lipinski definition) is 6. The topological polar surface area (TPSA) is 94.3 Å². The number of rotatable bonds is 5. The number of nitrogens with two attached hydrogens (primary N) is 1. The van der Waals surface area contributed by atoms with Crippen LogP contribution in [0.1, 0.15) is 41.8 Å². The quantitative estimate of drug-likeness (QED) is 0.638. The molecule has 0 saturated heterocycles. The van der Waals surface area contributed by atoms with Gasteiger partial charge in [0, 0.05) is 11.3 Å². The third-order valence-corrected chi connectivity index (χ3v) is 5.21. The SMILES string of the molecule is COc1ccc(OCc2ccc(-c3c(C#N)c(N)nc4c3CCCCC4)o2)cc1. The molecule has 2 aromatic heterocycles. The van der Waals surface area contributed by atoms with E-state index in [-0.39, 0.29) is 12.4 Å². The van der Waals surface area contributed by atoms with Crippen LogP contribution in [0.5, 0.6) is 11.5 Å². The largest absolute Gasteiger partial charge is 0.497 e. The van der Waals surface area contributed by atoms with Crippen molar-refractivity contribution >= 4 is 5.82 Å². The zero-order valence-electron chi connectivity index (χ0n) is 16.4. The van der Waals surface area contributed by atoms with Gasteiger partial charge in [0.25, 0.3) is 0 Å². The number of hydrogen-bond donors (Lipinski definition) is 1. The van der Waals surface area contributed by atoms with Crippen LogP contribution < -0.4 is 15.2 Å². The molecule has 0 atom stereocenters. The molecule has 4 rings (SSSR count). The molecule has 0 radical (unpaired) electrons. The summed E-state index contributed by atoms with van der Waals surface area (Å²) in [7, 11) is 1.63. The lowest BCUT2D eigenvalue weighted by atomic mass is 9.95. The summed E-state index contributed by atoms with van der Waals surface area (Å²) < 4.78 is 17.0. The summed E-state index contributed by atoms with van der Waals surface area (Å²) in [6.45, 7) is 0.289. The first kappa shape index (κ1) is 18.9. The Kier molecular flexibility index (Phi) is 5.39. The second kappa shape index (κ2) is 8.27.